The van der Waals surface area contributed by atoms with Crippen LogP contribution >= 0.6 is 24.0 Å². The Labute approximate surface area is 188 Å². The molecule has 1 atom stereocenters. The average molecular weight is 515 g/mol. The van der Waals surface area contributed by atoms with E-state index in [0.29, 0.717) is 19.0 Å². The minimum absolute atomic E-state index is 0. The number of piperidine rings is 1. The minimum atomic E-state index is -0.127. The number of likely N-dealkylation sites (tertiary alicyclic amines) is 1. The third-order valence-electron chi connectivity index (χ3n) is 4.85. The highest BCUT2D eigenvalue weighted by atomic mass is 127. The number of hydrogen-bond acceptors (Lipinski definition) is 5. The van der Waals surface area contributed by atoms with E-state index in [1.807, 2.05) is 18.2 Å². The van der Waals surface area contributed by atoms with Crippen molar-refractivity contribution in [1.82, 2.24) is 20.9 Å². The van der Waals surface area contributed by atoms with E-state index in [1.54, 1.807) is 25.6 Å². The Kier molecular flexibility index (Phi) is 10.1. The van der Waals surface area contributed by atoms with Crippen LogP contribution in [-0.4, -0.2) is 50.0 Å². The highest BCUT2D eigenvalue weighted by Crippen LogP contribution is 2.24. The maximum atomic E-state index is 12.0. The molecule has 1 unspecified atom stereocenters. The number of hydrogen-bond donors (Lipinski definition) is 3. The van der Waals surface area contributed by atoms with Crippen molar-refractivity contribution in [2.75, 3.05) is 33.2 Å². The molecule has 2 aromatic heterocycles. The van der Waals surface area contributed by atoms with Crippen LogP contribution in [0.5, 0.6) is 0 Å². The van der Waals surface area contributed by atoms with E-state index in [2.05, 4.69) is 25.8 Å². The van der Waals surface area contributed by atoms with Crippen molar-refractivity contribution in [2.24, 2.45) is 4.99 Å². The Morgan fingerprint density at radius 1 is 1.10 bits per heavy atom. The van der Waals surface area contributed by atoms with Gasteiger partial charge in [-0.1, -0.05) is 6.42 Å². The number of nitrogens with zero attached hydrogens (tertiary/aromatic N) is 2. The molecule has 1 fully saturated rings. The first-order valence-electron chi connectivity index (χ1n) is 9.77. The van der Waals surface area contributed by atoms with E-state index in [0.717, 1.165) is 24.6 Å². The second-order valence-corrected chi connectivity index (χ2v) is 6.79. The largest absolute Gasteiger partial charge is 0.468 e. The number of halogens is 1. The molecule has 1 aliphatic heterocycles. The normalized spacial score (nSPS) is 16.0. The van der Waals surface area contributed by atoms with Gasteiger partial charge in [0.25, 0.3) is 0 Å². The van der Waals surface area contributed by atoms with Crippen molar-refractivity contribution < 1.29 is 13.6 Å². The van der Waals surface area contributed by atoms with Crippen molar-refractivity contribution in [1.29, 1.82) is 0 Å². The Hall–Kier alpha value is -2.01. The van der Waals surface area contributed by atoms with Crippen LogP contribution in [-0.2, 0) is 11.3 Å². The van der Waals surface area contributed by atoms with E-state index in [9.17, 15) is 4.79 Å². The van der Waals surface area contributed by atoms with Gasteiger partial charge in [-0.15, -0.1) is 24.0 Å². The van der Waals surface area contributed by atoms with Gasteiger partial charge in [-0.3, -0.25) is 14.7 Å². The molecule has 0 aromatic carbocycles. The van der Waals surface area contributed by atoms with Crippen LogP contribution in [0.3, 0.4) is 0 Å². The van der Waals surface area contributed by atoms with Gasteiger partial charge in [-0.2, -0.15) is 0 Å². The number of furan rings is 2. The number of carbonyl (C=O) groups excluding carboxylic acids is 1. The maximum absolute atomic E-state index is 12.0. The topological polar surface area (TPSA) is 95.0 Å². The molecular formula is C20H30IN5O3. The SMILES string of the molecule is CN=C(NCC(=O)NCc1ccco1)NCC(c1ccco1)N1CCCCC1.I. The first-order valence-corrected chi connectivity index (χ1v) is 9.77. The number of guanidine groups is 1. The summed E-state index contributed by atoms with van der Waals surface area (Å²) in [5, 5.41) is 9.17. The van der Waals surface area contributed by atoms with Gasteiger partial charge in [0.1, 0.15) is 11.5 Å². The molecule has 1 amide bonds. The van der Waals surface area contributed by atoms with Gasteiger partial charge in [0.2, 0.25) is 5.91 Å². The van der Waals surface area contributed by atoms with Crippen molar-refractivity contribution in [3.63, 3.8) is 0 Å². The summed E-state index contributed by atoms with van der Waals surface area (Å²) in [6.07, 6.45) is 7.00. The Morgan fingerprint density at radius 2 is 1.86 bits per heavy atom. The highest BCUT2D eigenvalue weighted by Gasteiger charge is 2.24. The van der Waals surface area contributed by atoms with Crippen molar-refractivity contribution in [3.8, 4) is 0 Å². The predicted molar refractivity (Wildman–Crippen MR) is 122 cm³/mol. The van der Waals surface area contributed by atoms with Crippen molar-refractivity contribution >= 4 is 35.8 Å². The van der Waals surface area contributed by atoms with Crippen LogP contribution in [0.25, 0.3) is 0 Å². The summed E-state index contributed by atoms with van der Waals surface area (Å²) >= 11 is 0. The van der Waals surface area contributed by atoms with Crippen LogP contribution in [0, 0.1) is 0 Å². The summed E-state index contributed by atoms with van der Waals surface area (Å²) in [4.78, 5) is 18.7. The molecule has 0 saturated carbocycles. The van der Waals surface area contributed by atoms with Crippen LogP contribution in [0.1, 0.15) is 36.8 Å². The summed E-state index contributed by atoms with van der Waals surface area (Å²) < 4.78 is 10.9. The van der Waals surface area contributed by atoms with Crippen LogP contribution in [0.4, 0.5) is 0 Å². The lowest BCUT2D eigenvalue weighted by Gasteiger charge is -2.33. The predicted octanol–water partition coefficient (Wildman–Crippen LogP) is 2.50. The number of rotatable bonds is 8. The summed E-state index contributed by atoms with van der Waals surface area (Å²) in [5.41, 5.74) is 0. The Balaban J connectivity index is 0.00000300. The van der Waals surface area contributed by atoms with Crippen molar-refractivity contribution in [3.05, 3.63) is 48.3 Å². The molecular weight excluding hydrogens is 485 g/mol. The molecule has 0 spiro atoms. The molecule has 0 bridgehead atoms. The van der Waals surface area contributed by atoms with Crippen molar-refractivity contribution in [2.45, 2.75) is 31.8 Å². The third kappa shape index (κ3) is 7.39. The zero-order valence-corrected chi connectivity index (χ0v) is 19.1. The van der Waals surface area contributed by atoms with Gasteiger partial charge in [0.15, 0.2) is 5.96 Å². The second kappa shape index (κ2) is 12.5. The summed E-state index contributed by atoms with van der Waals surface area (Å²) in [6.45, 7) is 3.29. The van der Waals surface area contributed by atoms with Gasteiger partial charge >= 0.3 is 0 Å². The molecule has 3 heterocycles. The number of amides is 1. The lowest BCUT2D eigenvalue weighted by atomic mass is 10.1. The number of nitrogens with one attached hydrogen (secondary N) is 3. The average Bonchev–Trinajstić information content (AvgIpc) is 3.44. The van der Waals surface area contributed by atoms with E-state index in [-0.39, 0.29) is 42.5 Å². The number of carbonyl (C=O) groups is 1. The third-order valence-corrected chi connectivity index (χ3v) is 4.85. The molecule has 3 N–H and O–H groups in total. The molecule has 160 valence electrons. The zero-order chi connectivity index (χ0) is 19.6. The molecule has 29 heavy (non-hydrogen) atoms. The highest BCUT2D eigenvalue weighted by molar-refractivity contribution is 14.0. The summed E-state index contributed by atoms with van der Waals surface area (Å²) in [7, 11) is 1.69. The standard InChI is InChI=1S/C20H29N5O3.HI/c1-21-20(24-15-19(26)22-13-16-7-5-11-27-16)23-14-17(18-8-6-12-28-18)25-9-3-2-4-10-25;/h5-8,11-12,17H,2-4,9-10,13-15H2,1H3,(H,22,26)(H2,21,23,24);1H. The van der Waals surface area contributed by atoms with Crippen LogP contribution < -0.4 is 16.0 Å². The molecule has 2 aromatic rings. The first kappa shape index (κ1) is 23.3. The molecule has 8 nitrogen and oxygen atoms in total. The fourth-order valence-corrected chi connectivity index (χ4v) is 3.36. The molecule has 9 heteroatoms. The molecule has 0 aliphatic carbocycles. The van der Waals surface area contributed by atoms with Gasteiger partial charge in [-0.25, -0.2) is 0 Å². The molecule has 0 radical (unpaired) electrons. The minimum Gasteiger partial charge on any atom is -0.468 e. The summed E-state index contributed by atoms with van der Waals surface area (Å²) in [5.74, 6) is 2.12. The van der Waals surface area contributed by atoms with E-state index < -0.39 is 0 Å². The summed E-state index contributed by atoms with van der Waals surface area (Å²) in [6, 6.07) is 7.69. The fraction of sp³-hybridized carbons (Fsp3) is 0.500. The fourth-order valence-electron chi connectivity index (χ4n) is 3.36. The van der Waals surface area contributed by atoms with E-state index >= 15 is 0 Å². The quantitative estimate of drug-likeness (QED) is 0.284. The molecule has 1 aliphatic rings. The molecule has 1 saturated heterocycles. The van der Waals surface area contributed by atoms with Gasteiger partial charge in [0, 0.05) is 13.6 Å². The van der Waals surface area contributed by atoms with E-state index in [4.69, 9.17) is 8.83 Å². The van der Waals surface area contributed by atoms with Gasteiger partial charge in [0.05, 0.1) is 31.7 Å². The van der Waals surface area contributed by atoms with Gasteiger partial charge < -0.3 is 24.8 Å². The lowest BCUT2D eigenvalue weighted by Crippen LogP contribution is -2.46. The zero-order valence-electron chi connectivity index (χ0n) is 16.7. The monoisotopic (exact) mass is 515 g/mol. The smallest absolute Gasteiger partial charge is 0.239 e. The Bertz CT molecular complexity index is 727. The molecule has 3 rings (SSSR count). The second-order valence-electron chi connectivity index (χ2n) is 6.79. The number of aliphatic imine (C=N–C) groups is 1. The lowest BCUT2D eigenvalue weighted by molar-refractivity contribution is -0.120. The van der Waals surface area contributed by atoms with Gasteiger partial charge in [-0.05, 0) is 50.2 Å². The first-order chi connectivity index (χ1) is 13.8. The van der Waals surface area contributed by atoms with Crippen LogP contribution in [0.15, 0.2) is 50.6 Å². The van der Waals surface area contributed by atoms with E-state index in [1.165, 1.54) is 19.3 Å². The Morgan fingerprint density at radius 3 is 2.52 bits per heavy atom. The maximum Gasteiger partial charge on any atom is 0.239 e. The van der Waals surface area contributed by atoms with Crippen LogP contribution in [0.2, 0.25) is 0 Å².